The Kier molecular flexibility index (Phi) is 3.92. The second-order valence-corrected chi connectivity index (χ2v) is 5.67. The van der Waals surface area contributed by atoms with Crippen molar-refractivity contribution in [2.24, 2.45) is 14.1 Å². The number of aryl methyl sites for hydroxylation is 1. The highest BCUT2D eigenvalue weighted by atomic mass is 35.5. The van der Waals surface area contributed by atoms with E-state index in [2.05, 4.69) is 4.98 Å². The number of aromatic nitrogens is 4. The van der Waals surface area contributed by atoms with E-state index in [1.807, 2.05) is 0 Å². The molecule has 0 spiro atoms. The summed E-state index contributed by atoms with van der Waals surface area (Å²) >= 11 is 6.07. The fourth-order valence-corrected chi connectivity index (χ4v) is 2.79. The van der Waals surface area contributed by atoms with Crippen molar-refractivity contribution in [1.82, 2.24) is 18.7 Å². The van der Waals surface area contributed by atoms with E-state index in [1.54, 1.807) is 6.07 Å². The Bertz CT molecular complexity index is 1050. The third-order valence-corrected chi connectivity index (χ3v) is 4.23. The van der Waals surface area contributed by atoms with Gasteiger partial charge in [0.1, 0.15) is 5.82 Å². The van der Waals surface area contributed by atoms with Gasteiger partial charge < -0.3 is 4.74 Å². The summed E-state index contributed by atoms with van der Waals surface area (Å²) in [5.41, 5.74) is -0.559. The Morgan fingerprint density at radius 1 is 1.25 bits per heavy atom. The Labute approximate surface area is 140 Å². The molecule has 0 fully saturated rings. The fourth-order valence-electron chi connectivity index (χ4n) is 2.57. The summed E-state index contributed by atoms with van der Waals surface area (Å²) in [6, 6.07) is 4.41. The predicted octanol–water partition coefficient (Wildman–Crippen LogP) is 1.28. The molecule has 126 valence electrons. The monoisotopic (exact) mass is 352 g/mol. The van der Waals surface area contributed by atoms with Crippen LogP contribution in [0, 0.1) is 5.82 Å². The number of hydrogen-bond donors (Lipinski definition) is 0. The molecule has 0 bridgehead atoms. The maximum atomic E-state index is 14.1. The molecule has 0 aliphatic heterocycles. The van der Waals surface area contributed by atoms with Crippen LogP contribution in [0.2, 0.25) is 5.02 Å². The van der Waals surface area contributed by atoms with Crippen LogP contribution in [-0.4, -0.2) is 25.8 Å². The number of fused-ring (bicyclic) bond motifs is 1. The molecule has 24 heavy (non-hydrogen) atoms. The molecule has 0 unspecified atom stereocenters. The standard InChI is InChI=1S/C15H14ClFN4O3/c1-19-12-11(13(22)20(2)15(19)23)21(14(18-12)24-3)7-8-9(16)5-4-6-10(8)17/h4-6H,7H2,1-3H3. The van der Waals surface area contributed by atoms with Gasteiger partial charge in [-0.3, -0.25) is 18.5 Å². The second kappa shape index (κ2) is 5.79. The van der Waals surface area contributed by atoms with Crippen molar-refractivity contribution < 1.29 is 9.13 Å². The molecule has 0 amide bonds. The summed E-state index contributed by atoms with van der Waals surface area (Å²) in [6.45, 7) is -0.0569. The highest BCUT2D eigenvalue weighted by Crippen LogP contribution is 2.24. The molecule has 3 aromatic rings. The number of nitrogens with zero attached hydrogens (tertiary/aromatic N) is 4. The molecule has 0 aliphatic rings. The van der Waals surface area contributed by atoms with E-state index >= 15 is 0 Å². The van der Waals surface area contributed by atoms with Gasteiger partial charge in [-0.1, -0.05) is 17.7 Å². The topological polar surface area (TPSA) is 71.1 Å². The maximum Gasteiger partial charge on any atom is 0.332 e. The minimum absolute atomic E-state index is 0.0569. The molecule has 0 saturated carbocycles. The molecule has 2 aromatic heterocycles. The summed E-state index contributed by atoms with van der Waals surface area (Å²) < 4.78 is 22.9. The van der Waals surface area contributed by atoms with Gasteiger partial charge in [0.05, 0.1) is 13.7 Å². The fraction of sp³-hybridized carbons (Fsp3) is 0.267. The van der Waals surface area contributed by atoms with Crippen molar-refractivity contribution in [3.05, 3.63) is 55.4 Å². The quantitative estimate of drug-likeness (QED) is 0.712. The zero-order valence-electron chi connectivity index (χ0n) is 13.2. The summed E-state index contributed by atoms with van der Waals surface area (Å²) in [7, 11) is 4.24. The maximum absolute atomic E-state index is 14.1. The summed E-state index contributed by atoms with van der Waals surface area (Å²) in [5, 5.41) is 0.223. The van der Waals surface area contributed by atoms with E-state index in [1.165, 1.54) is 42.5 Å². The molecular formula is C15H14ClFN4O3. The van der Waals surface area contributed by atoms with Gasteiger partial charge in [-0.25, -0.2) is 9.18 Å². The van der Waals surface area contributed by atoms with Crippen molar-refractivity contribution in [2.75, 3.05) is 7.11 Å². The molecule has 2 heterocycles. The molecule has 0 radical (unpaired) electrons. The van der Waals surface area contributed by atoms with Crippen LogP contribution in [0.5, 0.6) is 6.01 Å². The molecule has 0 N–H and O–H groups in total. The normalized spacial score (nSPS) is 11.2. The van der Waals surface area contributed by atoms with Crippen LogP contribution in [0.4, 0.5) is 4.39 Å². The van der Waals surface area contributed by atoms with Crippen molar-refractivity contribution in [1.29, 1.82) is 0 Å². The van der Waals surface area contributed by atoms with Crippen molar-refractivity contribution in [3.8, 4) is 6.01 Å². The highest BCUT2D eigenvalue weighted by Gasteiger charge is 2.21. The number of hydrogen-bond acceptors (Lipinski definition) is 4. The van der Waals surface area contributed by atoms with Crippen molar-refractivity contribution >= 4 is 22.8 Å². The van der Waals surface area contributed by atoms with Crippen LogP contribution in [-0.2, 0) is 20.6 Å². The van der Waals surface area contributed by atoms with Crippen LogP contribution in [0.25, 0.3) is 11.2 Å². The Morgan fingerprint density at radius 3 is 2.58 bits per heavy atom. The lowest BCUT2D eigenvalue weighted by Crippen LogP contribution is -2.37. The first-order valence-corrected chi connectivity index (χ1v) is 7.37. The van der Waals surface area contributed by atoms with Crippen molar-refractivity contribution in [2.45, 2.75) is 6.54 Å². The molecule has 3 rings (SSSR count). The first kappa shape index (κ1) is 16.3. The van der Waals surface area contributed by atoms with E-state index in [0.717, 1.165) is 4.57 Å². The summed E-state index contributed by atoms with van der Waals surface area (Å²) in [5.74, 6) is -0.506. The van der Waals surface area contributed by atoms with Gasteiger partial charge in [-0.2, -0.15) is 4.98 Å². The van der Waals surface area contributed by atoms with Gasteiger partial charge in [-0.15, -0.1) is 0 Å². The summed E-state index contributed by atoms with van der Waals surface area (Å²) in [6.07, 6.45) is 0. The molecule has 0 saturated heterocycles. The van der Waals surface area contributed by atoms with Gasteiger partial charge in [0, 0.05) is 24.7 Å². The van der Waals surface area contributed by atoms with Gasteiger partial charge in [0.2, 0.25) is 0 Å². The largest absolute Gasteiger partial charge is 0.468 e. The third kappa shape index (κ3) is 2.30. The first-order chi connectivity index (χ1) is 11.4. The van der Waals surface area contributed by atoms with E-state index in [-0.39, 0.29) is 34.3 Å². The zero-order chi connectivity index (χ0) is 17.6. The molecular weight excluding hydrogens is 339 g/mol. The highest BCUT2D eigenvalue weighted by molar-refractivity contribution is 6.31. The lowest BCUT2D eigenvalue weighted by Gasteiger charge is -2.10. The number of benzene rings is 1. The van der Waals surface area contributed by atoms with Crippen LogP contribution in [0.15, 0.2) is 27.8 Å². The number of ether oxygens (including phenoxy) is 1. The van der Waals surface area contributed by atoms with Gasteiger partial charge in [0.15, 0.2) is 11.2 Å². The molecule has 0 aliphatic carbocycles. The Morgan fingerprint density at radius 2 is 1.96 bits per heavy atom. The molecule has 0 atom stereocenters. The molecule has 1 aromatic carbocycles. The van der Waals surface area contributed by atoms with Crippen molar-refractivity contribution in [3.63, 3.8) is 0 Å². The predicted molar refractivity (Wildman–Crippen MR) is 87.3 cm³/mol. The van der Waals surface area contributed by atoms with E-state index in [9.17, 15) is 14.0 Å². The average Bonchev–Trinajstić information content (AvgIpc) is 2.93. The van der Waals surface area contributed by atoms with Crippen LogP contribution in [0.3, 0.4) is 0 Å². The number of halogens is 2. The molecule has 9 heteroatoms. The van der Waals surface area contributed by atoms with Gasteiger partial charge in [-0.05, 0) is 12.1 Å². The van der Waals surface area contributed by atoms with Gasteiger partial charge >= 0.3 is 5.69 Å². The van der Waals surface area contributed by atoms with Gasteiger partial charge in [0.25, 0.3) is 11.6 Å². The SMILES string of the molecule is COc1nc2c(c(=O)n(C)c(=O)n2C)n1Cc1c(F)cccc1Cl. The minimum Gasteiger partial charge on any atom is -0.468 e. The lowest BCUT2D eigenvalue weighted by atomic mass is 10.2. The number of rotatable bonds is 3. The zero-order valence-corrected chi connectivity index (χ0v) is 14.0. The van der Waals surface area contributed by atoms with E-state index in [0.29, 0.717) is 0 Å². The van der Waals surface area contributed by atoms with Crippen LogP contribution >= 0.6 is 11.6 Å². The minimum atomic E-state index is -0.545. The second-order valence-electron chi connectivity index (χ2n) is 5.26. The summed E-state index contributed by atoms with van der Waals surface area (Å²) in [4.78, 5) is 28.7. The van der Waals surface area contributed by atoms with Crippen LogP contribution in [0.1, 0.15) is 5.56 Å². The molecule has 7 nitrogen and oxygen atoms in total. The Hall–Kier alpha value is -2.61. The Balaban J connectivity index is 2.36. The van der Waals surface area contributed by atoms with E-state index < -0.39 is 17.1 Å². The number of imidazole rings is 1. The average molecular weight is 353 g/mol. The smallest absolute Gasteiger partial charge is 0.332 e. The lowest BCUT2D eigenvalue weighted by molar-refractivity contribution is 0.363. The first-order valence-electron chi connectivity index (χ1n) is 7.00. The number of methoxy groups -OCH3 is 1. The third-order valence-electron chi connectivity index (χ3n) is 3.87. The van der Waals surface area contributed by atoms with E-state index in [4.69, 9.17) is 16.3 Å². The van der Waals surface area contributed by atoms with Crippen LogP contribution < -0.4 is 16.0 Å².